The van der Waals surface area contributed by atoms with Crippen molar-refractivity contribution in [3.05, 3.63) is 0 Å². The largest absolute Gasteiger partial charge is 0.394 e. The highest BCUT2D eigenvalue weighted by Crippen LogP contribution is 2.31. The van der Waals surface area contributed by atoms with Gasteiger partial charge in [-0.3, -0.25) is 0 Å². The van der Waals surface area contributed by atoms with Crippen molar-refractivity contribution in [2.45, 2.75) is 75.6 Å². The van der Waals surface area contributed by atoms with Crippen molar-refractivity contribution in [2.24, 2.45) is 5.92 Å². The van der Waals surface area contributed by atoms with Crippen LogP contribution < -0.4 is 0 Å². The van der Waals surface area contributed by atoms with Crippen molar-refractivity contribution >= 4 is 0 Å². The van der Waals surface area contributed by atoms with Crippen LogP contribution in [0.3, 0.4) is 0 Å². The fraction of sp³-hybridized carbons (Fsp3) is 1.00. The topological polar surface area (TPSA) is 149 Å². The average molecular weight is 338 g/mol. The first-order valence-corrected chi connectivity index (χ1v) is 7.79. The van der Waals surface area contributed by atoms with E-state index in [-0.39, 0.29) is 6.61 Å². The van der Waals surface area contributed by atoms with Crippen molar-refractivity contribution in [3.8, 4) is 0 Å². The molecule has 0 radical (unpaired) electrons. The first-order valence-electron chi connectivity index (χ1n) is 7.79. The van der Waals surface area contributed by atoms with Crippen LogP contribution in [0.2, 0.25) is 0 Å². The van der Waals surface area contributed by atoms with Gasteiger partial charge < -0.3 is 44.8 Å². The minimum absolute atomic E-state index is 0.368. The van der Waals surface area contributed by atoms with Gasteiger partial charge in [0.25, 0.3) is 0 Å². The van der Waals surface area contributed by atoms with E-state index in [1.54, 1.807) is 13.8 Å². The second-order valence-electron chi connectivity index (χ2n) is 6.12. The van der Waals surface area contributed by atoms with E-state index in [0.717, 1.165) is 0 Å². The molecule has 2 aliphatic heterocycles. The van der Waals surface area contributed by atoms with Gasteiger partial charge in [0.1, 0.15) is 24.4 Å². The molecule has 10 atom stereocenters. The van der Waals surface area contributed by atoms with Gasteiger partial charge in [0.2, 0.25) is 0 Å². The van der Waals surface area contributed by atoms with Crippen LogP contribution >= 0.6 is 0 Å². The zero-order valence-corrected chi connectivity index (χ0v) is 13.1. The van der Waals surface area contributed by atoms with Gasteiger partial charge in [0, 0.05) is 5.92 Å². The van der Waals surface area contributed by atoms with E-state index in [0.29, 0.717) is 6.42 Å². The molecule has 0 spiro atoms. The Labute approximate surface area is 134 Å². The predicted molar refractivity (Wildman–Crippen MR) is 75.0 cm³/mol. The lowest BCUT2D eigenvalue weighted by molar-refractivity contribution is -0.348. The lowest BCUT2D eigenvalue weighted by Gasteiger charge is -2.45. The van der Waals surface area contributed by atoms with Gasteiger partial charge in [-0.1, -0.05) is 13.8 Å². The first kappa shape index (κ1) is 19.0. The summed E-state index contributed by atoms with van der Waals surface area (Å²) in [5, 5.41) is 58.8. The summed E-state index contributed by atoms with van der Waals surface area (Å²) in [6.45, 7) is 3.00. The number of hydrogen-bond donors (Lipinski definition) is 6. The Bertz CT molecular complexity index is 377. The molecule has 2 aliphatic rings. The van der Waals surface area contributed by atoms with Gasteiger partial charge in [-0.15, -0.1) is 0 Å². The molecule has 0 aromatic rings. The molecule has 9 nitrogen and oxygen atoms in total. The predicted octanol–water partition coefficient (Wildman–Crippen LogP) is -2.70. The summed E-state index contributed by atoms with van der Waals surface area (Å²) in [6, 6.07) is 0. The van der Waals surface area contributed by atoms with Crippen LogP contribution in [-0.2, 0) is 14.2 Å². The third-order valence-corrected chi connectivity index (χ3v) is 4.60. The summed E-state index contributed by atoms with van der Waals surface area (Å²) in [7, 11) is 0. The van der Waals surface area contributed by atoms with Gasteiger partial charge in [-0.2, -0.15) is 0 Å². The van der Waals surface area contributed by atoms with Crippen LogP contribution in [0.4, 0.5) is 0 Å². The Hall–Kier alpha value is -0.360. The molecule has 0 bridgehead atoms. The normalized spacial score (nSPS) is 51.7. The van der Waals surface area contributed by atoms with E-state index in [2.05, 4.69) is 0 Å². The van der Waals surface area contributed by atoms with Gasteiger partial charge in [-0.05, 0) is 6.42 Å². The molecular formula is C14H26O9. The minimum Gasteiger partial charge on any atom is -0.394 e. The molecule has 23 heavy (non-hydrogen) atoms. The molecule has 2 fully saturated rings. The lowest BCUT2D eigenvalue weighted by Crippen LogP contribution is -2.62. The van der Waals surface area contributed by atoms with Crippen molar-refractivity contribution in [1.29, 1.82) is 0 Å². The van der Waals surface area contributed by atoms with Crippen molar-refractivity contribution < 1.29 is 44.8 Å². The molecule has 0 aromatic carbocycles. The molecule has 9 heteroatoms. The summed E-state index contributed by atoms with van der Waals surface area (Å²) in [5.41, 5.74) is 0. The molecule has 2 saturated heterocycles. The Kier molecular flexibility index (Phi) is 6.34. The molecule has 0 aliphatic carbocycles. The highest BCUT2D eigenvalue weighted by atomic mass is 16.7. The zero-order valence-electron chi connectivity index (χ0n) is 13.1. The molecule has 2 heterocycles. The Morgan fingerprint density at radius 2 is 1.52 bits per heavy atom. The summed E-state index contributed by atoms with van der Waals surface area (Å²) >= 11 is 0. The average Bonchev–Trinajstić information content (AvgIpc) is 2.55. The molecule has 0 amide bonds. The van der Waals surface area contributed by atoms with E-state index in [1.165, 1.54) is 0 Å². The van der Waals surface area contributed by atoms with Crippen LogP contribution in [0.25, 0.3) is 0 Å². The number of ether oxygens (including phenoxy) is 3. The summed E-state index contributed by atoms with van der Waals surface area (Å²) in [5.74, 6) is -0.503. The standard InChI is InChI=1S/C14H26O9/c1-3-6-12(9(17)10(18)13(20)21-6)23-14-11(19)8(16)5(2)7(4-15)22-14/h5-20H,3-4H2,1-2H3/t5-,6?,7?,8-,9+,10?,11?,12-,13+,14-/m0/s1. The fourth-order valence-corrected chi connectivity index (χ4v) is 2.96. The van der Waals surface area contributed by atoms with Crippen molar-refractivity contribution in [1.82, 2.24) is 0 Å². The van der Waals surface area contributed by atoms with E-state index in [4.69, 9.17) is 14.2 Å². The summed E-state index contributed by atoms with van der Waals surface area (Å²) in [4.78, 5) is 0. The molecular weight excluding hydrogens is 312 g/mol. The summed E-state index contributed by atoms with van der Waals surface area (Å²) < 4.78 is 16.2. The molecule has 2 rings (SSSR count). The Morgan fingerprint density at radius 1 is 0.870 bits per heavy atom. The van der Waals surface area contributed by atoms with Crippen LogP contribution in [-0.4, -0.2) is 92.6 Å². The van der Waals surface area contributed by atoms with Crippen molar-refractivity contribution in [3.63, 3.8) is 0 Å². The van der Waals surface area contributed by atoms with Crippen molar-refractivity contribution in [2.75, 3.05) is 6.61 Å². The highest BCUT2D eigenvalue weighted by molar-refractivity contribution is 4.92. The van der Waals surface area contributed by atoms with Crippen LogP contribution in [0.15, 0.2) is 0 Å². The Balaban J connectivity index is 2.11. The molecule has 136 valence electrons. The third kappa shape index (κ3) is 3.68. The number of rotatable bonds is 4. The SMILES string of the molecule is CCC1O[C@@H](O)C(O)[C@@H](O)[C@H]1O[C@@H]1OC(CO)[C@H](C)[C@H](O)C1O. The molecule has 0 aromatic heterocycles. The molecule has 4 unspecified atom stereocenters. The Morgan fingerprint density at radius 3 is 2.09 bits per heavy atom. The second kappa shape index (κ2) is 7.68. The van der Waals surface area contributed by atoms with Gasteiger partial charge in [-0.25, -0.2) is 0 Å². The quantitative estimate of drug-likeness (QED) is 0.322. The maximum absolute atomic E-state index is 10.1. The maximum atomic E-state index is 10.1. The van der Waals surface area contributed by atoms with Crippen LogP contribution in [0.1, 0.15) is 20.3 Å². The van der Waals surface area contributed by atoms with E-state index >= 15 is 0 Å². The molecule has 6 N–H and O–H groups in total. The molecule has 0 saturated carbocycles. The third-order valence-electron chi connectivity index (χ3n) is 4.60. The minimum atomic E-state index is -1.57. The first-order chi connectivity index (χ1) is 10.8. The summed E-state index contributed by atoms with van der Waals surface area (Å²) in [6.07, 6.45) is -10.6. The fourth-order valence-electron chi connectivity index (χ4n) is 2.96. The highest BCUT2D eigenvalue weighted by Gasteiger charge is 2.49. The van der Waals surface area contributed by atoms with E-state index in [9.17, 15) is 30.6 Å². The van der Waals surface area contributed by atoms with Gasteiger partial charge in [0.05, 0.1) is 24.9 Å². The second-order valence-corrected chi connectivity index (χ2v) is 6.12. The zero-order chi connectivity index (χ0) is 17.3. The van der Waals surface area contributed by atoms with Crippen LogP contribution in [0.5, 0.6) is 0 Å². The van der Waals surface area contributed by atoms with E-state index < -0.39 is 61.2 Å². The van der Waals surface area contributed by atoms with Crippen LogP contribution in [0, 0.1) is 5.92 Å². The monoisotopic (exact) mass is 338 g/mol. The number of aliphatic hydroxyl groups excluding tert-OH is 6. The number of hydrogen-bond acceptors (Lipinski definition) is 9. The van der Waals surface area contributed by atoms with E-state index in [1.807, 2.05) is 0 Å². The van der Waals surface area contributed by atoms with Gasteiger partial charge >= 0.3 is 0 Å². The lowest BCUT2D eigenvalue weighted by atomic mass is 9.90. The van der Waals surface area contributed by atoms with Gasteiger partial charge in [0.15, 0.2) is 12.6 Å². The number of aliphatic hydroxyl groups is 6. The smallest absolute Gasteiger partial charge is 0.187 e. The maximum Gasteiger partial charge on any atom is 0.187 e.